The van der Waals surface area contributed by atoms with Crippen LogP contribution in [-0.4, -0.2) is 73.6 Å². The molecule has 16 heteroatoms. The summed E-state index contributed by atoms with van der Waals surface area (Å²) in [4.78, 5) is 42.8. The highest BCUT2D eigenvalue weighted by molar-refractivity contribution is 6.07. The predicted molar refractivity (Wildman–Crippen MR) is 134 cm³/mol. The molecule has 3 heterocycles. The number of benzene rings is 1. The maximum absolute atomic E-state index is 15.1. The fourth-order valence-electron chi connectivity index (χ4n) is 4.73. The fourth-order valence-corrected chi connectivity index (χ4v) is 4.73. The van der Waals surface area contributed by atoms with Crippen molar-refractivity contribution in [2.75, 3.05) is 18.8 Å². The molecule has 9 nitrogen and oxygen atoms in total. The molecule has 0 saturated carbocycles. The van der Waals surface area contributed by atoms with Crippen LogP contribution in [0.5, 0.6) is 0 Å². The first-order chi connectivity index (χ1) is 19.3. The van der Waals surface area contributed by atoms with Crippen molar-refractivity contribution in [3.8, 4) is 11.3 Å². The highest BCUT2D eigenvalue weighted by atomic mass is 19.4. The van der Waals surface area contributed by atoms with Crippen molar-refractivity contribution in [3.63, 3.8) is 0 Å². The molecule has 0 spiro atoms. The van der Waals surface area contributed by atoms with E-state index in [2.05, 4.69) is 10.1 Å². The maximum atomic E-state index is 15.1. The van der Waals surface area contributed by atoms with E-state index in [-0.39, 0.29) is 22.6 Å². The molecule has 0 aliphatic carbocycles. The zero-order valence-electron chi connectivity index (χ0n) is 22.4. The molecule has 0 bridgehead atoms. The lowest BCUT2D eigenvalue weighted by molar-refractivity contribution is -0.184. The van der Waals surface area contributed by atoms with Gasteiger partial charge >= 0.3 is 18.3 Å². The summed E-state index contributed by atoms with van der Waals surface area (Å²) in [6.07, 6.45) is -11.8. The number of alkyl halides is 7. The summed E-state index contributed by atoms with van der Waals surface area (Å²) in [5.74, 6) is -5.27. The molecule has 2 atom stereocenters. The summed E-state index contributed by atoms with van der Waals surface area (Å²) >= 11 is 0. The monoisotopic (exact) mass is 602 g/mol. The van der Waals surface area contributed by atoms with Gasteiger partial charge in [-0.3, -0.25) is 19.3 Å². The van der Waals surface area contributed by atoms with Gasteiger partial charge in [0.2, 0.25) is 5.91 Å². The average molecular weight is 603 g/mol. The van der Waals surface area contributed by atoms with Crippen LogP contribution in [0.2, 0.25) is 0 Å². The van der Waals surface area contributed by atoms with Gasteiger partial charge in [0, 0.05) is 24.1 Å². The lowest BCUT2D eigenvalue weighted by atomic mass is 9.92. The summed E-state index contributed by atoms with van der Waals surface area (Å²) in [5, 5.41) is 3.79. The van der Waals surface area contributed by atoms with Gasteiger partial charge in [0.25, 0.3) is 5.91 Å². The Hall–Kier alpha value is -4.24. The number of carbonyl (C=O) groups is 3. The Morgan fingerprint density at radius 2 is 1.71 bits per heavy atom. The van der Waals surface area contributed by atoms with Gasteiger partial charge in [0.15, 0.2) is 5.82 Å². The first-order valence-corrected chi connectivity index (χ1v) is 12.5. The zero-order valence-corrected chi connectivity index (χ0v) is 22.4. The van der Waals surface area contributed by atoms with E-state index in [4.69, 9.17) is 5.73 Å². The molecule has 1 aliphatic heterocycles. The summed E-state index contributed by atoms with van der Waals surface area (Å²) in [5.41, 5.74) is 2.44. The molecule has 226 valence electrons. The lowest BCUT2D eigenvalue weighted by Gasteiger charge is -2.29. The number of hydrogen-bond donors (Lipinski definition) is 1. The van der Waals surface area contributed by atoms with E-state index in [0.29, 0.717) is 6.07 Å². The molecule has 1 saturated heterocycles. The van der Waals surface area contributed by atoms with Crippen molar-refractivity contribution in [2.45, 2.75) is 51.8 Å². The molecule has 0 unspecified atom stereocenters. The van der Waals surface area contributed by atoms with Crippen LogP contribution in [0.1, 0.15) is 43.1 Å². The van der Waals surface area contributed by atoms with Gasteiger partial charge in [0.05, 0.1) is 23.8 Å². The minimum atomic E-state index is -5.58. The van der Waals surface area contributed by atoms with Crippen LogP contribution in [-0.2, 0) is 15.8 Å². The molecule has 42 heavy (non-hydrogen) atoms. The predicted octanol–water partition coefficient (Wildman–Crippen LogP) is 4.51. The second-order valence-electron chi connectivity index (χ2n) is 11.0. The number of fused-ring (bicyclic) bond motifs is 1. The van der Waals surface area contributed by atoms with Gasteiger partial charge < -0.3 is 10.6 Å². The highest BCUT2D eigenvalue weighted by Crippen LogP contribution is 2.39. The van der Waals surface area contributed by atoms with E-state index >= 15 is 4.39 Å². The van der Waals surface area contributed by atoms with Gasteiger partial charge in [-0.25, -0.2) is 13.9 Å². The number of nitrogens with zero attached hydrogens (tertiary/aromatic N) is 5. The third kappa shape index (κ3) is 6.01. The van der Waals surface area contributed by atoms with Gasteiger partial charge in [0.1, 0.15) is 18.0 Å². The number of halogens is 7. The van der Waals surface area contributed by atoms with E-state index in [9.17, 15) is 40.7 Å². The quantitative estimate of drug-likeness (QED) is 0.440. The van der Waals surface area contributed by atoms with Crippen LogP contribution in [0.4, 0.5) is 36.6 Å². The lowest BCUT2D eigenvalue weighted by Crippen LogP contribution is -2.54. The number of nitrogens with two attached hydrogens (primary N) is 1. The number of amides is 3. The number of aromatic nitrogens is 3. The second kappa shape index (κ2) is 10.5. The topological polar surface area (TPSA) is 114 Å². The van der Waals surface area contributed by atoms with Crippen molar-refractivity contribution >= 4 is 29.1 Å². The smallest absolute Gasteiger partial charge is 0.382 e. The molecule has 1 aromatic carbocycles. The van der Waals surface area contributed by atoms with Gasteiger partial charge in [-0.1, -0.05) is 32.9 Å². The number of rotatable bonds is 4. The summed E-state index contributed by atoms with van der Waals surface area (Å²) in [7, 11) is 0. The SMILES string of the molecule is CC(C)(C)CC(=O)N1C[C@@H](N(C(=O)c2cccc(-c3cc(C(F)(F)F)c4c(N)ncnn34)c2)C(=O)C(F)(F)F)[C@@H](F)C1. The Morgan fingerprint density at radius 3 is 2.31 bits per heavy atom. The molecule has 2 N–H and O–H groups in total. The van der Waals surface area contributed by atoms with Crippen molar-refractivity contribution < 1.29 is 45.1 Å². The normalized spacial score (nSPS) is 18.0. The third-order valence-electron chi connectivity index (χ3n) is 6.56. The first-order valence-electron chi connectivity index (χ1n) is 12.5. The standard InChI is InChI=1S/C26H25F7N6O3/c1-24(2,3)9-19(40)37-10-16(27)18(11-37)38(23(42)26(31,32)33)22(41)14-6-4-5-13(7-14)17-8-15(25(28,29)30)20-21(34)35-12-36-39(17)20/h4-8,12,16,18H,9-11H2,1-3H3,(H2,34,35,36)/t16-,18+/m0/s1. The van der Waals surface area contributed by atoms with Crippen molar-refractivity contribution in [2.24, 2.45) is 5.41 Å². The Morgan fingerprint density at radius 1 is 1.05 bits per heavy atom. The maximum Gasteiger partial charge on any atom is 0.471 e. The number of anilines is 1. The second-order valence-corrected chi connectivity index (χ2v) is 11.0. The molecule has 2 aromatic heterocycles. The number of carbonyl (C=O) groups excluding carboxylic acids is 3. The van der Waals surface area contributed by atoms with Gasteiger partial charge in [-0.2, -0.15) is 31.4 Å². The van der Waals surface area contributed by atoms with E-state index in [1.165, 1.54) is 6.07 Å². The van der Waals surface area contributed by atoms with Crippen molar-refractivity contribution in [1.29, 1.82) is 0 Å². The van der Waals surface area contributed by atoms with E-state index in [1.54, 1.807) is 20.8 Å². The zero-order chi connectivity index (χ0) is 31.4. The summed E-state index contributed by atoms with van der Waals surface area (Å²) < 4.78 is 98.0. The van der Waals surface area contributed by atoms with Crippen LogP contribution < -0.4 is 5.73 Å². The fraction of sp³-hybridized carbons (Fsp3) is 0.423. The highest BCUT2D eigenvalue weighted by Gasteiger charge is 2.52. The Kier molecular flexibility index (Phi) is 7.71. The van der Waals surface area contributed by atoms with Crippen LogP contribution in [0.3, 0.4) is 0 Å². The van der Waals surface area contributed by atoms with Gasteiger partial charge in [-0.15, -0.1) is 0 Å². The van der Waals surface area contributed by atoms with E-state index in [1.807, 2.05) is 0 Å². The Balaban J connectivity index is 1.75. The molecular weight excluding hydrogens is 577 g/mol. The molecule has 0 radical (unpaired) electrons. The summed E-state index contributed by atoms with van der Waals surface area (Å²) in [6, 6.07) is 3.11. The number of imide groups is 1. The van der Waals surface area contributed by atoms with Crippen molar-refractivity contribution in [3.05, 3.63) is 47.8 Å². The Bertz CT molecular complexity index is 1540. The van der Waals surface area contributed by atoms with Crippen LogP contribution in [0, 0.1) is 5.41 Å². The minimum absolute atomic E-state index is 0.0606. The molecule has 4 rings (SSSR count). The van der Waals surface area contributed by atoms with Crippen LogP contribution >= 0.6 is 0 Å². The number of nitrogen functional groups attached to an aromatic ring is 1. The Labute approximate surface area is 234 Å². The van der Waals surface area contributed by atoms with E-state index < -0.39 is 83.3 Å². The summed E-state index contributed by atoms with van der Waals surface area (Å²) in [6.45, 7) is 3.89. The molecular formula is C26H25F7N6O3. The van der Waals surface area contributed by atoms with Crippen molar-refractivity contribution in [1.82, 2.24) is 24.4 Å². The largest absolute Gasteiger partial charge is 0.471 e. The molecule has 1 aliphatic rings. The third-order valence-corrected chi connectivity index (χ3v) is 6.56. The molecule has 3 aromatic rings. The van der Waals surface area contributed by atoms with Crippen LogP contribution in [0.25, 0.3) is 16.8 Å². The van der Waals surface area contributed by atoms with E-state index in [0.717, 1.165) is 33.9 Å². The average Bonchev–Trinajstić information content (AvgIpc) is 3.45. The molecule has 1 fully saturated rings. The molecule has 3 amide bonds. The number of hydrogen-bond acceptors (Lipinski definition) is 6. The minimum Gasteiger partial charge on any atom is -0.382 e. The van der Waals surface area contributed by atoms with Gasteiger partial charge in [-0.05, 0) is 23.6 Å². The number of likely N-dealkylation sites (tertiary alicyclic amines) is 1. The van der Waals surface area contributed by atoms with Crippen LogP contribution in [0.15, 0.2) is 36.7 Å². The first kappa shape index (κ1) is 30.7.